The number of hydrogen-bond acceptors (Lipinski definition) is 3. The van der Waals surface area contributed by atoms with Crippen molar-refractivity contribution < 1.29 is 19.1 Å². The third-order valence-electron chi connectivity index (χ3n) is 5.04. The van der Waals surface area contributed by atoms with Crippen LogP contribution < -0.4 is 5.32 Å². The van der Waals surface area contributed by atoms with E-state index in [0.717, 1.165) is 35.4 Å². The Labute approximate surface area is 158 Å². The van der Waals surface area contributed by atoms with Gasteiger partial charge in [0.15, 0.2) is 5.78 Å². The summed E-state index contributed by atoms with van der Waals surface area (Å²) in [5, 5.41) is 12.0. The summed E-state index contributed by atoms with van der Waals surface area (Å²) >= 11 is 0. The molecule has 2 N–H and O–H groups in total. The summed E-state index contributed by atoms with van der Waals surface area (Å²) in [6.07, 6.45) is 1.58. The number of aliphatic hydroxyl groups excluding tert-OH is 1. The van der Waals surface area contributed by atoms with E-state index in [4.69, 9.17) is 0 Å². The van der Waals surface area contributed by atoms with Gasteiger partial charge in [0.1, 0.15) is 5.82 Å². The second-order valence-electron chi connectivity index (χ2n) is 7.20. The van der Waals surface area contributed by atoms with Crippen molar-refractivity contribution in [1.82, 2.24) is 9.88 Å². The maximum absolute atomic E-state index is 13.2. The van der Waals surface area contributed by atoms with Crippen molar-refractivity contribution in [3.63, 3.8) is 0 Å². The predicted octanol–water partition coefficient (Wildman–Crippen LogP) is 2.54. The van der Waals surface area contributed by atoms with Crippen LogP contribution in [0.3, 0.4) is 0 Å². The summed E-state index contributed by atoms with van der Waals surface area (Å²) in [5.74, 6) is -0.412. The van der Waals surface area contributed by atoms with E-state index in [1.165, 1.54) is 12.1 Å². The van der Waals surface area contributed by atoms with Crippen LogP contribution in [-0.2, 0) is 24.2 Å². The van der Waals surface area contributed by atoms with Gasteiger partial charge >= 0.3 is 0 Å². The quantitative estimate of drug-likeness (QED) is 0.819. The molecule has 0 fully saturated rings. The molecule has 27 heavy (non-hydrogen) atoms. The molecule has 0 radical (unpaired) electrons. The van der Waals surface area contributed by atoms with Gasteiger partial charge in [-0.2, -0.15) is 0 Å². The molecule has 3 rings (SSSR count). The van der Waals surface area contributed by atoms with E-state index in [0.29, 0.717) is 18.5 Å². The fraction of sp³-hybridized carbons (Fsp3) is 0.429. The standard InChI is InChI=1S/C21H25FN2O3/c1-13(25)11-23-20(27)10-17-14(2)24(12-15-6-8-16(22)9-7-15)18-4-3-5-19(26)21(17)18/h6-9,13,25H,3-5,10-12H2,1-2H3,(H,23,27)/t13-/m0/s1. The van der Waals surface area contributed by atoms with Gasteiger partial charge < -0.3 is 15.0 Å². The first-order valence-electron chi connectivity index (χ1n) is 9.30. The molecule has 0 bridgehead atoms. The number of nitrogens with one attached hydrogen (secondary N) is 1. The van der Waals surface area contributed by atoms with Crippen LogP contribution in [0.15, 0.2) is 24.3 Å². The summed E-state index contributed by atoms with van der Waals surface area (Å²) in [6, 6.07) is 6.33. The molecule has 1 aromatic carbocycles. The fourth-order valence-corrected chi connectivity index (χ4v) is 3.67. The second-order valence-corrected chi connectivity index (χ2v) is 7.20. The molecule has 144 valence electrons. The van der Waals surface area contributed by atoms with Crippen molar-refractivity contribution in [3.05, 3.63) is 58.2 Å². The Bertz CT molecular complexity index is 853. The molecule has 5 nitrogen and oxygen atoms in total. The number of halogens is 1. The van der Waals surface area contributed by atoms with Crippen LogP contribution >= 0.6 is 0 Å². The highest BCUT2D eigenvalue weighted by Gasteiger charge is 2.29. The van der Waals surface area contributed by atoms with Gasteiger partial charge in [-0.1, -0.05) is 12.1 Å². The van der Waals surface area contributed by atoms with Crippen molar-refractivity contribution in [2.75, 3.05) is 6.54 Å². The molecule has 1 aliphatic carbocycles. The summed E-state index contributed by atoms with van der Waals surface area (Å²) in [4.78, 5) is 24.9. The number of Topliss-reactive ketones (excluding diaryl/α,β-unsaturated/α-hetero) is 1. The number of carbonyl (C=O) groups is 2. The van der Waals surface area contributed by atoms with Gasteiger partial charge in [-0.25, -0.2) is 4.39 Å². The van der Waals surface area contributed by atoms with Gasteiger partial charge in [0.25, 0.3) is 0 Å². The largest absolute Gasteiger partial charge is 0.392 e. The molecular weight excluding hydrogens is 347 g/mol. The van der Waals surface area contributed by atoms with Gasteiger partial charge in [0.05, 0.1) is 12.5 Å². The molecule has 2 aromatic rings. The van der Waals surface area contributed by atoms with E-state index in [1.54, 1.807) is 19.1 Å². The number of rotatable bonds is 6. The van der Waals surface area contributed by atoms with E-state index in [9.17, 15) is 19.1 Å². The first kappa shape index (κ1) is 19.3. The highest BCUT2D eigenvalue weighted by atomic mass is 19.1. The number of hydrogen-bond donors (Lipinski definition) is 2. The minimum atomic E-state index is -0.617. The maximum Gasteiger partial charge on any atom is 0.224 e. The van der Waals surface area contributed by atoms with E-state index in [2.05, 4.69) is 9.88 Å². The van der Waals surface area contributed by atoms with Crippen LogP contribution in [0.25, 0.3) is 0 Å². The fourth-order valence-electron chi connectivity index (χ4n) is 3.67. The van der Waals surface area contributed by atoms with Crippen molar-refractivity contribution in [1.29, 1.82) is 0 Å². The maximum atomic E-state index is 13.2. The molecule has 1 atom stereocenters. The summed E-state index contributed by atoms with van der Waals surface area (Å²) in [6.45, 7) is 4.25. The molecular formula is C21H25FN2O3. The van der Waals surface area contributed by atoms with Crippen LogP contribution in [0.4, 0.5) is 4.39 Å². The third-order valence-corrected chi connectivity index (χ3v) is 5.04. The minimum absolute atomic E-state index is 0.0792. The van der Waals surface area contributed by atoms with E-state index < -0.39 is 6.10 Å². The lowest BCUT2D eigenvalue weighted by molar-refractivity contribution is -0.120. The molecule has 0 unspecified atom stereocenters. The molecule has 1 amide bonds. The van der Waals surface area contributed by atoms with Crippen LogP contribution in [0.1, 0.15) is 52.6 Å². The molecule has 0 aliphatic heterocycles. The highest BCUT2D eigenvalue weighted by Crippen LogP contribution is 2.31. The molecule has 1 aromatic heterocycles. The summed E-state index contributed by atoms with van der Waals surface area (Å²) < 4.78 is 15.3. The van der Waals surface area contributed by atoms with Crippen molar-refractivity contribution >= 4 is 11.7 Å². The second kappa shape index (κ2) is 8.05. The van der Waals surface area contributed by atoms with Crippen LogP contribution in [-0.4, -0.2) is 34.0 Å². The van der Waals surface area contributed by atoms with Gasteiger partial charge in [-0.3, -0.25) is 9.59 Å². The van der Waals surface area contributed by atoms with Crippen molar-refractivity contribution in [2.24, 2.45) is 0 Å². The average Bonchev–Trinajstić information content (AvgIpc) is 2.88. The Morgan fingerprint density at radius 3 is 2.67 bits per heavy atom. The van der Waals surface area contributed by atoms with Gasteiger partial charge in [-0.15, -0.1) is 0 Å². The zero-order valence-electron chi connectivity index (χ0n) is 15.7. The third kappa shape index (κ3) is 4.27. The minimum Gasteiger partial charge on any atom is -0.392 e. The Morgan fingerprint density at radius 1 is 1.30 bits per heavy atom. The zero-order valence-corrected chi connectivity index (χ0v) is 15.7. The topological polar surface area (TPSA) is 71.3 Å². The number of benzene rings is 1. The smallest absolute Gasteiger partial charge is 0.224 e. The lowest BCUT2D eigenvalue weighted by atomic mass is 9.92. The lowest BCUT2D eigenvalue weighted by Crippen LogP contribution is -2.32. The normalized spacial score (nSPS) is 14.7. The number of amides is 1. The molecule has 6 heteroatoms. The first-order chi connectivity index (χ1) is 12.9. The molecule has 0 spiro atoms. The molecule has 0 saturated heterocycles. The predicted molar refractivity (Wildman–Crippen MR) is 100 cm³/mol. The number of fused-ring (bicyclic) bond motifs is 1. The zero-order chi connectivity index (χ0) is 19.6. The van der Waals surface area contributed by atoms with Crippen molar-refractivity contribution in [2.45, 2.75) is 52.2 Å². The van der Waals surface area contributed by atoms with Crippen molar-refractivity contribution in [3.8, 4) is 0 Å². The molecule has 1 aliphatic rings. The molecule has 1 heterocycles. The van der Waals surface area contributed by atoms with Gasteiger partial charge in [0.2, 0.25) is 5.91 Å². The van der Waals surface area contributed by atoms with Crippen LogP contribution in [0, 0.1) is 12.7 Å². The Morgan fingerprint density at radius 2 is 2.00 bits per heavy atom. The number of aromatic nitrogens is 1. The Hall–Kier alpha value is -2.47. The van der Waals surface area contributed by atoms with Gasteiger partial charge in [-0.05, 0) is 49.9 Å². The van der Waals surface area contributed by atoms with E-state index in [1.807, 2.05) is 6.92 Å². The molecule has 0 saturated carbocycles. The van der Waals surface area contributed by atoms with Crippen LogP contribution in [0.2, 0.25) is 0 Å². The SMILES string of the molecule is Cc1c(CC(=O)NC[C@H](C)O)c2c(n1Cc1ccc(F)cc1)CCCC2=O. The average molecular weight is 372 g/mol. The Balaban J connectivity index is 1.93. The van der Waals surface area contributed by atoms with E-state index in [-0.39, 0.29) is 30.5 Å². The van der Waals surface area contributed by atoms with Gasteiger partial charge in [0, 0.05) is 36.5 Å². The summed E-state index contributed by atoms with van der Waals surface area (Å²) in [5.41, 5.74) is 4.24. The monoisotopic (exact) mass is 372 g/mol. The highest BCUT2D eigenvalue weighted by molar-refractivity contribution is 6.01. The van der Waals surface area contributed by atoms with E-state index >= 15 is 0 Å². The Kier molecular flexibility index (Phi) is 5.75. The number of carbonyl (C=O) groups excluding carboxylic acids is 2. The number of nitrogens with zero attached hydrogens (tertiary/aromatic N) is 1. The number of ketones is 1. The summed E-state index contributed by atoms with van der Waals surface area (Å²) in [7, 11) is 0. The lowest BCUT2D eigenvalue weighted by Gasteiger charge is -2.16. The number of aliphatic hydroxyl groups is 1. The first-order valence-corrected chi connectivity index (χ1v) is 9.30. The van der Waals surface area contributed by atoms with Crippen LogP contribution in [0.5, 0.6) is 0 Å².